The molecule has 200 valence electrons. The summed E-state index contributed by atoms with van der Waals surface area (Å²) in [5.74, 6) is 0.371. The van der Waals surface area contributed by atoms with Gasteiger partial charge in [-0.2, -0.15) is 0 Å². The number of Topliss-reactive ketones (excluding diaryl/α,β-unsaturated/α-hetero) is 1. The molecule has 4 fully saturated rings. The van der Waals surface area contributed by atoms with Crippen LogP contribution in [0.4, 0.5) is 0 Å². The number of nitrogens with one attached hydrogen (secondary N) is 2. The lowest BCUT2D eigenvalue weighted by Gasteiger charge is -2.44. The molecule has 0 aromatic carbocycles. The van der Waals surface area contributed by atoms with E-state index in [1.165, 1.54) is 12.2 Å². The van der Waals surface area contributed by atoms with Crippen molar-refractivity contribution in [2.24, 2.45) is 47.3 Å². The van der Waals surface area contributed by atoms with Crippen LogP contribution < -0.4 is 10.6 Å². The predicted octanol–water partition coefficient (Wildman–Crippen LogP) is 1.96. The van der Waals surface area contributed by atoms with Gasteiger partial charge in [-0.1, -0.05) is 25.2 Å². The zero-order chi connectivity index (χ0) is 26.4. The Morgan fingerprint density at radius 3 is 2.57 bits per heavy atom. The highest BCUT2D eigenvalue weighted by atomic mass is 16.3. The van der Waals surface area contributed by atoms with Gasteiger partial charge in [0.1, 0.15) is 17.4 Å². The average molecular weight is 511 g/mol. The van der Waals surface area contributed by atoms with Crippen LogP contribution in [0.15, 0.2) is 48.3 Å². The third-order valence-electron chi connectivity index (χ3n) is 9.88. The van der Waals surface area contributed by atoms with Gasteiger partial charge in [0.05, 0.1) is 12.2 Å². The molecule has 0 spiro atoms. The molecule has 8 nitrogen and oxygen atoms in total. The van der Waals surface area contributed by atoms with Gasteiger partial charge in [0.2, 0.25) is 5.91 Å². The molecule has 8 heteroatoms. The molecule has 5 N–H and O–H groups in total. The van der Waals surface area contributed by atoms with Gasteiger partial charge in [-0.05, 0) is 91.6 Å². The summed E-state index contributed by atoms with van der Waals surface area (Å²) in [6.45, 7) is 6.45. The Morgan fingerprint density at radius 2 is 1.81 bits per heavy atom. The number of allylic oxidation sites excluding steroid dienone is 4. The minimum Gasteiger partial charge on any atom is -0.507 e. The van der Waals surface area contributed by atoms with Crippen LogP contribution in [0.1, 0.15) is 39.0 Å². The van der Waals surface area contributed by atoms with Gasteiger partial charge < -0.3 is 26.0 Å². The highest BCUT2D eigenvalue weighted by Crippen LogP contribution is 2.62. The maximum absolute atomic E-state index is 12.8. The fourth-order valence-corrected chi connectivity index (χ4v) is 8.22. The first kappa shape index (κ1) is 25.9. The van der Waals surface area contributed by atoms with E-state index in [1.54, 1.807) is 6.08 Å². The molecule has 2 amide bonds. The number of hydrogen-bond donors (Lipinski definition) is 5. The van der Waals surface area contributed by atoms with Gasteiger partial charge in [0, 0.05) is 6.54 Å². The molecule has 2 bridgehead atoms. The minimum absolute atomic E-state index is 0.0825. The van der Waals surface area contributed by atoms with Crippen molar-refractivity contribution >= 4 is 17.6 Å². The molecule has 11 atom stereocenters. The molecule has 5 rings (SSSR count). The van der Waals surface area contributed by atoms with Crippen molar-refractivity contribution in [1.29, 1.82) is 0 Å². The summed E-state index contributed by atoms with van der Waals surface area (Å²) < 4.78 is 0. The van der Waals surface area contributed by atoms with Gasteiger partial charge in [0.15, 0.2) is 5.78 Å². The minimum atomic E-state index is -1.19. The molecule has 2 unspecified atom stereocenters. The molecular weight excluding hydrogens is 472 g/mol. The third-order valence-corrected chi connectivity index (χ3v) is 9.88. The molecular formula is C29H38N2O6. The van der Waals surface area contributed by atoms with Gasteiger partial charge in [-0.25, -0.2) is 0 Å². The number of amides is 2. The van der Waals surface area contributed by atoms with E-state index in [-0.39, 0.29) is 48.1 Å². The Balaban J connectivity index is 1.47. The maximum atomic E-state index is 12.8. The van der Waals surface area contributed by atoms with Crippen molar-refractivity contribution in [2.45, 2.75) is 57.3 Å². The molecule has 3 aliphatic carbocycles. The molecule has 2 heterocycles. The van der Waals surface area contributed by atoms with E-state index in [2.05, 4.69) is 30.2 Å². The Labute approximate surface area is 217 Å². The largest absolute Gasteiger partial charge is 0.507 e. The van der Waals surface area contributed by atoms with E-state index in [4.69, 9.17) is 0 Å². The molecule has 3 saturated carbocycles. The van der Waals surface area contributed by atoms with Crippen LogP contribution in [0.3, 0.4) is 0 Å². The lowest BCUT2D eigenvalue weighted by Crippen LogP contribution is -2.43. The first-order valence-electron chi connectivity index (χ1n) is 13.6. The maximum Gasteiger partial charge on any atom is 0.259 e. The zero-order valence-electron chi connectivity index (χ0n) is 21.3. The van der Waals surface area contributed by atoms with Crippen LogP contribution in [-0.2, 0) is 14.4 Å². The van der Waals surface area contributed by atoms with Crippen LogP contribution in [0.5, 0.6) is 0 Å². The van der Waals surface area contributed by atoms with Gasteiger partial charge in [0.25, 0.3) is 5.91 Å². The van der Waals surface area contributed by atoms with Crippen molar-refractivity contribution in [1.82, 2.24) is 10.6 Å². The molecule has 0 aromatic rings. The smallest absolute Gasteiger partial charge is 0.259 e. The second kappa shape index (κ2) is 10.2. The molecule has 37 heavy (non-hydrogen) atoms. The van der Waals surface area contributed by atoms with Gasteiger partial charge in [-0.15, -0.1) is 6.58 Å². The van der Waals surface area contributed by atoms with Crippen LogP contribution in [0, 0.1) is 47.3 Å². The number of carbonyl (C=O) groups is 3. The average Bonchev–Trinajstić information content (AvgIpc) is 3.48. The fraction of sp³-hybridized carbons (Fsp3) is 0.621. The Hall–Kier alpha value is -2.71. The van der Waals surface area contributed by atoms with Crippen molar-refractivity contribution in [3.8, 4) is 0 Å². The van der Waals surface area contributed by atoms with Crippen molar-refractivity contribution in [3.63, 3.8) is 0 Å². The molecule has 1 saturated heterocycles. The molecule has 2 aliphatic heterocycles. The summed E-state index contributed by atoms with van der Waals surface area (Å²) >= 11 is 0. The third kappa shape index (κ3) is 4.59. The topological polar surface area (TPSA) is 136 Å². The quantitative estimate of drug-likeness (QED) is 0.270. The van der Waals surface area contributed by atoms with Crippen LogP contribution >= 0.6 is 0 Å². The lowest BCUT2D eigenvalue weighted by atomic mass is 9.62. The highest BCUT2D eigenvalue weighted by Gasteiger charge is 2.57. The van der Waals surface area contributed by atoms with Crippen molar-refractivity contribution in [2.75, 3.05) is 6.54 Å². The standard InChI is InChI=1S/C29H38N2O6/c1-3-15-11-17-12-19-18-5-4-6-23(35)30-10-9-21(33)27-28(36)26(29(37)31-27)20(32)8-7-16(18)13-22(34)25(19)24(17)14(15)2/h3-4,6-8,14-19,21-22,24-25,27,32-34H,1,5,9-13H2,2H3,(H,30,35)(H,31,37)/b6-4-,8-7+,26-20?/t14-,15-,16+,17+,18-,19+,21?,22-,24+,25-,27?/m0/s1. The molecule has 0 aromatic heterocycles. The first-order chi connectivity index (χ1) is 17.7. The summed E-state index contributed by atoms with van der Waals surface area (Å²) in [4.78, 5) is 37.7. The van der Waals surface area contributed by atoms with Crippen LogP contribution in [0.25, 0.3) is 0 Å². The molecule has 5 aliphatic rings. The van der Waals surface area contributed by atoms with E-state index < -0.39 is 35.7 Å². The van der Waals surface area contributed by atoms with E-state index in [9.17, 15) is 29.7 Å². The second-order valence-corrected chi connectivity index (χ2v) is 11.7. The molecule has 0 radical (unpaired) electrons. The van der Waals surface area contributed by atoms with Crippen molar-refractivity contribution < 1.29 is 29.7 Å². The van der Waals surface area contributed by atoms with Crippen LogP contribution in [-0.4, -0.2) is 57.7 Å². The monoisotopic (exact) mass is 510 g/mol. The number of aliphatic hydroxyl groups excluding tert-OH is 3. The lowest BCUT2D eigenvalue weighted by molar-refractivity contribution is -0.118. The number of fused-ring (bicyclic) bond motifs is 7. The Bertz CT molecular complexity index is 1060. The summed E-state index contributed by atoms with van der Waals surface area (Å²) in [6, 6.07) is -1.16. The number of ketones is 1. The Kier molecular flexibility index (Phi) is 7.16. The highest BCUT2D eigenvalue weighted by molar-refractivity contribution is 6.27. The summed E-state index contributed by atoms with van der Waals surface area (Å²) in [5, 5.41) is 37.6. The second-order valence-electron chi connectivity index (χ2n) is 11.7. The van der Waals surface area contributed by atoms with E-state index in [0.717, 1.165) is 12.8 Å². The predicted molar refractivity (Wildman–Crippen MR) is 137 cm³/mol. The summed E-state index contributed by atoms with van der Waals surface area (Å²) in [7, 11) is 0. The summed E-state index contributed by atoms with van der Waals surface area (Å²) in [5.41, 5.74) is -0.359. The van der Waals surface area contributed by atoms with Gasteiger partial charge in [-0.3, -0.25) is 14.4 Å². The SMILES string of the molecule is C=C[C@H]1C[C@@H]2C[C@@H]3[C@H]4C/C=C\C(=O)NCCC(O)C5NC(=O)C(=C(O)/C=C/[C@@H]4C[C@H](O)[C@H]3[C@@H]2[C@H]1C)C5=O. The van der Waals surface area contributed by atoms with Crippen LogP contribution in [0.2, 0.25) is 0 Å². The number of carbonyl (C=O) groups excluding carboxylic acids is 3. The number of hydrogen-bond acceptors (Lipinski definition) is 6. The normalized spacial score (nSPS) is 45.9. The van der Waals surface area contributed by atoms with E-state index >= 15 is 0 Å². The fourth-order valence-electron chi connectivity index (χ4n) is 8.22. The van der Waals surface area contributed by atoms with E-state index in [0.29, 0.717) is 36.5 Å². The number of rotatable bonds is 1. The van der Waals surface area contributed by atoms with Gasteiger partial charge >= 0.3 is 0 Å². The van der Waals surface area contributed by atoms with E-state index in [1.807, 2.05) is 6.08 Å². The first-order valence-corrected chi connectivity index (χ1v) is 13.6. The zero-order valence-corrected chi connectivity index (χ0v) is 21.3. The van der Waals surface area contributed by atoms with Crippen molar-refractivity contribution in [3.05, 3.63) is 48.3 Å². The Morgan fingerprint density at radius 1 is 1.03 bits per heavy atom. The summed E-state index contributed by atoms with van der Waals surface area (Å²) in [6.07, 6.45) is 10.4. The number of aliphatic hydroxyl groups is 3.